The van der Waals surface area contributed by atoms with Crippen molar-refractivity contribution in [2.75, 3.05) is 11.4 Å². The standard InChI is InChI=1S/C15H18N6O3/c1-7-12(8(2)21-6-11(14(23)24)17-18-21)16-15(19(7)3)20-5-9-4-10(9)13(20)22/h6,8-10H,4-5H2,1-3H3,(H,23,24)/t8?,9-,10-/m1/s1. The summed E-state index contributed by atoms with van der Waals surface area (Å²) in [7, 11) is 1.88. The lowest BCUT2D eigenvalue weighted by molar-refractivity contribution is -0.118. The number of amides is 1. The van der Waals surface area contributed by atoms with E-state index in [1.807, 2.05) is 25.5 Å². The summed E-state index contributed by atoms with van der Waals surface area (Å²) in [4.78, 5) is 29.7. The van der Waals surface area contributed by atoms with Gasteiger partial charge in [-0.1, -0.05) is 5.21 Å². The summed E-state index contributed by atoms with van der Waals surface area (Å²) in [5.41, 5.74) is 1.56. The Labute approximate surface area is 137 Å². The number of carboxylic acid groups (broad SMARTS) is 1. The van der Waals surface area contributed by atoms with E-state index in [0.717, 1.165) is 24.4 Å². The maximum atomic E-state index is 12.3. The van der Waals surface area contributed by atoms with Gasteiger partial charge in [-0.05, 0) is 26.2 Å². The van der Waals surface area contributed by atoms with Crippen LogP contribution in [0, 0.1) is 18.8 Å². The summed E-state index contributed by atoms with van der Waals surface area (Å²) in [5, 5.41) is 16.5. The molecule has 1 aliphatic carbocycles. The van der Waals surface area contributed by atoms with E-state index in [2.05, 4.69) is 15.3 Å². The van der Waals surface area contributed by atoms with Crippen molar-refractivity contribution in [3.8, 4) is 0 Å². The second kappa shape index (κ2) is 4.89. The normalized spacial score (nSPS) is 23.5. The number of hydrogen-bond acceptors (Lipinski definition) is 5. The zero-order valence-corrected chi connectivity index (χ0v) is 13.7. The molecule has 9 nitrogen and oxygen atoms in total. The van der Waals surface area contributed by atoms with E-state index < -0.39 is 5.97 Å². The van der Waals surface area contributed by atoms with Gasteiger partial charge in [-0.25, -0.2) is 14.5 Å². The Bertz CT molecular complexity index is 854. The van der Waals surface area contributed by atoms with Crippen molar-refractivity contribution < 1.29 is 14.7 Å². The van der Waals surface area contributed by atoms with Gasteiger partial charge < -0.3 is 9.67 Å². The van der Waals surface area contributed by atoms with Gasteiger partial charge in [0, 0.05) is 25.2 Å². The molecule has 4 rings (SSSR count). The van der Waals surface area contributed by atoms with Crippen LogP contribution in [-0.2, 0) is 11.8 Å². The smallest absolute Gasteiger partial charge is 0.358 e. The van der Waals surface area contributed by atoms with E-state index in [9.17, 15) is 9.59 Å². The predicted molar refractivity (Wildman–Crippen MR) is 82.7 cm³/mol. The number of carbonyl (C=O) groups excluding carboxylic acids is 1. The summed E-state index contributed by atoms with van der Waals surface area (Å²) in [6.07, 6.45) is 2.38. The van der Waals surface area contributed by atoms with Crippen molar-refractivity contribution in [3.05, 3.63) is 23.3 Å². The molecule has 1 amide bonds. The third-order valence-electron chi connectivity index (χ3n) is 5.08. The van der Waals surface area contributed by atoms with Gasteiger partial charge in [-0.3, -0.25) is 9.69 Å². The molecule has 3 heterocycles. The Morgan fingerprint density at radius 1 is 1.46 bits per heavy atom. The minimum atomic E-state index is -1.12. The minimum absolute atomic E-state index is 0.106. The fraction of sp³-hybridized carbons (Fsp3) is 0.533. The van der Waals surface area contributed by atoms with Gasteiger partial charge in [0.2, 0.25) is 11.9 Å². The third kappa shape index (κ3) is 2.04. The summed E-state index contributed by atoms with van der Waals surface area (Å²) in [6, 6.07) is -0.280. The van der Waals surface area contributed by atoms with Crippen LogP contribution in [-0.4, -0.2) is 48.1 Å². The number of aromatic nitrogens is 5. The van der Waals surface area contributed by atoms with E-state index in [-0.39, 0.29) is 23.6 Å². The van der Waals surface area contributed by atoms with Gasteiger partial charge in [0.25, 0.3) is 0 Å². The molecule has 0 radical (unpaired) electrons. The molecule has 1 unspecified atom stereocenters. The zero-order chi connectivity index (χ0) is 17.2. The zero-order valence-electron chi connectivity index (χ0n) is 13.7. The average Bonchev–Trinajstić information content (AvgIpc) is 2.89. The molecule has 0 aromatic carbocycles. The van der Waals surface area contributed by atoms with Crippen LogP contribution in [0.4, 0.5) is 5.95 Å². The van der Waals surface area contributed by atoms with E-state index >= 15 is 0 Å². The molecule has 1 N–H and O–H groups in total. The van der Waals surface area contributed by atoms with Crippen molar-refractivity contribution in [1.82, 2.24) is 24.5 Å². The van der Waals surface area contributed by atoms with Crippen LogP contribution in [0.2, 0.25) is 0 Å². The second-order valence-corrected chi connectivity index (χ2v) is 6.56. The Balaban J connectivity index is 1.67. The number of aromatic carboxylic acids is 1. The maximum Gasteiger partial charge on any atom is 0.358 e. The molecule has 1 saturated heterocycles. The number of carboxylic acids is 1. The highest BCUT2D eigenvalue weighted by atomic mass is 16.4. The van der Waals surface area contributed by atoms with Crippen LogP contribution in [0.3, 0.4) is 0 Å². The Kier molecular flexibility index (Phi) is 3.03. The van der Waals surface area contributed by atoms with Crippen LogP contribution < -0.4 is 4.90 Å². The molecule has 126 valence electrons. The van der Waals surface area contributed by atoms with E-state index in [1.165, 1.54) is 10.9 Å². The third-order valence-corrected chi connectivity index (χ3v) is 5.08. The number of imidazole rings is 1. The molecular weight excluding hydrogens is 312 g/mol. The lowest BCUT2D eigenvalue weighted by Gasteiger charge is -2.17. The fourth-order valence-corrected chi connectivity index (χ4v) is 3.37. The van der Waals surface area contributed by atoms with Gasteiger partial charge in [0.1, 0.15) is 0 Å². The van der Waals surface area contributed by atoms with Gasteiger partial charge >= 0.3 is 5.97 Å². The number of anilines is 1. The van der Waals surface area contributed by atoms with Crippen molar-refractivity contribution in [3.63, 3.8) is 0 Å². The highest BCUT2D eigenvalue weighted by Crippen LogP contribution is 2.47. The second-order valence-electron chi connectivity index (χ2n) is 6.56. The lowest BCUT2D eigenvalue weighted by Crippen LogP contribution is -2.30. The molecule has 9 heteroatoms. The van der Waals surface area contributed by atoms with Gasteiger partial charge in [0.15, 0.2) is 5.69 Å². The van der Waals surface area contributed by atoms with Crippen LogP contribution in [0.25, 0.3) is 0 Å². The van der Waals surface area contributed by atoms with Crippen LogP contribution in [0.5, 0.6) is 0 Å². The maximum absolute atomic E-state index is 12.3. The highest BCUT2D eigenvalue weighted by Gasteiger charge is 2.53. The van der Waals surface area contributed by atoms with E-state index in [1.54, 1.807) is 4.90 Å². The summed E-state index contributed by atoms with van der Waals surface area (Å²) < 4.78 is 3.38. The molecule has 2 aromatic heterocycles. The van der Waals surface area contributed by atoms with E-state index in [4.69, 9.17) is 5.11 Å². The summed E-state index contributed by atoms with van der Waals surface area (Å²) in [5.74, 6) is 0.334. The first-order valence-electron chi connectivity index (χ1n) is 7.88. The highest BCUT2D eigenvalue weighted by molar-refractivity contribution is 5.98. The van der Waals surface area contributed by atoms with Gasteiger partial charge in [-0.15, -0.1) is 5.10 Å². The number of hydrogen-bond donors (Lipinski definition) is 1. The molecule has 2 aromatic rings. The Morgan fingerprint density at radius 2 is 2.21 bits per heavy atom. The summed E-state index contributed by atoms with van der Waals surface area (Å²) in [6.45, 7) is 4.54. The predicted octanol–water partition coefficient (Wildman–Crippen LogP) is 0.610. The fourth-order valence-electron chi connectivity index (χ4n) is 3.37. The monoisotopic (exact) mass is 330 g/mol. The molecule has 1 saturated carbocycles. The Morgan fingerprint density at radius 3 is 2.79 bits per heavy atom. The minimum Gasteiger partial charge on any atom is -0.476 e. The molecule has 0 spiro atoms. The van der Waals surface area contributed by atoms with Crippen molar-refractivity contribution in [2.45, 2.75) is 26.3 Å². The van der Waals surface area contributed by atoms with Crippen LogP contribution in [0.15, 0.2) is 6.20 Å². The molecule has 3 atom stereocenters. The van der Waals surface area contributed by atoms with Crippen molar-refractivity contribution in [1.29, 1.82) is 0 Å². The topological polar surface area (TPSA) is 106 Å². The van der Waals surface area contributed by atoms with Crippen molar-refractivity contribution in [2.24, 2.45) is 18.9 Å². The SMILES string of the molecule is Cc1c(C(C)n2cc(C(=O)O)nn2)nc(N2C[C@H]3C[C@H]3C2=O)n1C. The number of rotatable bonds is 4. The van der Waals surface area contributed by atoms with Gasteiger partial charge in [-0.2, -0.15) is 0 Å². The van der Waals surface area contributed by atoms with Crippen LogP contribution in [0.1, 0.15) is 41.3 Å². The first-order valence-corrected chi connectivity index (χ1v) is 7.88. The summed E-state index contributed by atoms with van der Waals surface area (Å²) >= 11 is 0. The molecule has 1 aliphatic heterocycles. The van der Waals surface area contributed by atoms with Crippen LogP contribution >= 0.6 is 0 Å². The lowest BCUT2D eigenvalue weighted by atomic mass is 10.2. The number of carbonyl (C=O) groups is 2. The molecular formula is C15H18N6O3. The quantitative estimate of drug-likeness (QED) is 0.880. The molecule has 0 bridgehead atoms. The average molecular weight is 330 g/mol. The Hall–Kier alpha value is -2.71. The molecule has 2 aliphatic rings. The molecule has 24 heavy (non-hydrogen) atoms. The number of piperidine rings is 1. The van der Waals surface area contributed by atoms with E-state index in [0.29, 0.717) is 11.9 Å². The first-order chi connectivity index (χ1) is 11.4. The number of fused-ring (bicyclic) bond motifs is 1. The van der Waals surface area contributed by atoms with Gasteiger partial charge in [0.05, 0.1) is 17.9 Å². The number of nitrogens with zero attached hydrogens (tertiary/aromatic N) is 6. The first kappa shape index (κ1) is 14.9. The largest absolute Gasteiger partial charge is 0.476 e. The van der Waals surface area contributed by atoms with Crippen molar-refractivity contribution >= 4 is 17.8 Å². The molecule has 2 fully saturated rings.